The van der Waals surface area contributed by atoms with Crippen LogP contribution < -0.4 is 29.6 Å². The Bertz CT molecular complexity index is 486. The van der Waals surface area contributed by atoms with E-state index in [4.69, 9.17) is 0 Å². The van der Waals surface area contributed by atoms with Gasteiger partial charge in [-0.1, -0.05) is 0 Å². The van der Waals surface area contributed by atoms with E-state index >= 15 is 0 Å². The van der Waals surface area contributed by atoms with Gasteiger partial charge in [-0.15, -0.1) is 0 Å². The van der Waals surface area contributed by atoms with Gasteiger partial charge in [-0.05, 0) is 45.2 Å². The van der Waals surface area contributed by atoms with Crippen LogP contribution in [0.3, 0.4) is 0 Å². The molecule has 0 saturated heterocycles. The van der Waals surface area contributed by atoms with Crippen molar-refractivity contribution in [1.82, 2.24) is 0 Å². The average Bonchev–Trinajstić information content (AvgIpc) is 2.02. The molecule has 0 aliphatic carbocycles. The van der Waals surface area contributed by atoms with Gasteiger partial charge in [-0.25, -0.2) is 8.42 Å². The van der Waals surface area contributed by atoms with Gasteiger partial charge in [0.1, 0.15) is 0 Å². The Morgan fingerprint density at radius 1 is 1.40 bits per heavy atom. The van der Waals surface area contributed by atoms with E-state index in [-0.39, 0.29) is 39.3 Å². The first-order valence-electron chi connectivity index (χ1n) is 3.41. The minimum Gasteiger partial charge on any atom is -0.768 e. The van der Waals surface area contributed by atoms with E-state index in [2.05, 4.69) is 15.9 Å². The summed E-state index contributed by atoms with van der Waals surface area (Å²) in [5, 5.41) is 0. The minimum atomic E-state index is -3.37. The van der Waals surface area contributed by atoms with Crippen LogP contribution in [-0.4, -0.2) is 23.4 Å². The molecule has 78 valence electrons. The third kappa shape index (κ3) is 4.26. The first-order valence-corrected chi connectivity index (χ1v) is 7.17. The van der Waals surface area contributed by atoms with Crippen molar-refractivity contribution in [2.75, 3.05) is 6.26 Å². The second-order valence-corrected chi connectivity index (χ2v) is 6.38. The molecular formula is C7H6BrNaO4S2. The van der Waals surface area contributed by atoms with Gasteiger partial charge in [0.25, 0.3) is 0 Å². The first-order chi connectivity index (χ1) is 6.32. The van der Waals surface area contributed by atoms with Crippen LogP contribution >= 0.6 is 15.9 Å². The van der Waals surface area contributed by atoms with Gasteiger partial charge in [0.2, 0.25) is 0 Å². The molecule has 0 bridgehead atoms. The third-order valence-electron chi connectivity index (χ3n) is 1.51. The van der Waals surface area contributed by atoms with Crippen LogP contribution in [0.5, 0.6) is 0 Å². The molecule has 0 aromatic heterocycles. The molecule has 0 heterocycles. The molecule has 1 rings (SSSR count). The van der Waals surface area contributed by atoms with E-state index in [9.17, 15) is 17.2 Å². The van der Waals surface area contributed by atoms with Gasteiger partial charge >= 0.3 is 29.6 Å². The zero-order chi connectivity index (χ0) is 10.9. The molecular weight excluding hydrogens is 315 g/mol. The zero-order valence-corrected chi connectivity index (χ0v) is 13.3. The summed E-state index contributed by atoms with van der Waals surface area (Å²) >= 11 is 0.563. The Morgan fingerprint density at radius 3 is 2.33 bits per heavy atom. The summed E-state index contributed by atoms with van der Waals surface area (Å²) < 4.78 is 43.9. The molecule has 0 radical (unpaired) electrons. The molecule has 1 atom stereocenters. The van der Waals surface area contributed by atoms with Gasteiger partial charge in [-0.3, -0.25) is 4.21 Å². The number of sulfone groups is 1. The quantitative estimate of drug-likeness (QED) is 0.471. The molecule has 0 aliphatic rings. The summed E-state index contributed by atoms with van der Waals surface area (Å²) in [5.41, 5.74) is 0. The molecule has 15 heavy (non-hydrogen) atoms. The van der Waals surface area contributed by atoms with Crippen molar-refractivity contribution in [1.29, 1.82) is 0 Å². The number of hydrogen-bond acceptors (Lipinski definition) is 4. The molecule has 0 spiro atoms. The topological polar surface area (TPSA) is 74.3 Å². The molecule has 0 fully saturated rings. The second-order valence-electron chi connectivity index (χ2n) is 2.60. The molecule has 1 aromatic rings. The number of rotatable bonds is 2. The number of halogens is 1. The van der Waals surface area contributed by atoms with Crippen LogP contribution in [-0.2, 0) is 20.9 Å². The maximum Gasteiger partial charge on any atom is 1.00 e. The van der Waals surface area contributed by atoms with Crippen LogP contribution in [0.25, 0.3) is 0 Å². The van der Waals surface area contributed by atoms with Crippen molar-refractivity contribution in [2.24, 2.45) is 0 Å². The molecule has 0 aliphatic heterocycles. The molecule has 0 N–H and O–H groups in total. The molecule has 1 aromatic carbocycles. The fourth-order valence-corrected chi connectivity index (χ4v) is 2.66. The fraction of sp³-hybridized carbons (Fsp3) is 0.143. The average molecular weight is 321 g/mol. The van der Waals surface area contributed by atoms with Crippen LogP contribution in [0, 0.1) is 0 Å². The minimum absolute atomic E-state index is 0. The molecule has 4 nitrogen and oxygen atoms in total. The summed E-state index contributed by atoms with van der Waals surface area (Å²) in [6.07, 6.45) is 1.02. The van der Waals surface area contributed by atoms with Crippen molar-refractivity contribution >= 4 is 36.8 Å². The van der Waals surface area contributed by atoms with Crippen molar-refractivity contribution in [3.8, 4) is 0 Å². The SMILES string of the molecule is CS(=O)(=O)c1ccc(Br)c(S(=O)[O-])c1.[Na+]. The predicted molar refractivity (Wildman–Crippen MR) is 54.4 cm³/mol. The van der Waals surface area contributed by atoms with Gasteiger partial charge in [0.05, 0.1) is 4.90 Å². The van der Waals surface area contributed by atoms with E-state index in [1.807, 2.05) is 0 Å². The Balaban J connectivity index is 0.00000196. The molecule has 8 heteroatoms. The van der Waals surface area contributed by atoms with E-state index in [0.29, 0.717) is 4.47 Å². The van der Waals surface area contributed by atoms with Crippen LogP contribution in [0.2, 0.25) is 0 Å². The maximum atomic E-state index is 11.1. The summed E-state index contributed by atoms with van der Waals surface area (Å²) in [6, 6.07) is 3.85. The number of hydrogen-bond donors (Lipinski definition) is 0. The van der Waals surface area contributed by atoms with Crippen molar-refractivity contribution in [2.45, 2.75) is 9.79 Å². The van der Waals surface area contributed by atoms with E-state index in [0.717, 1.165) is 12.3 Å². The molecule has 0 amide bonds. The van der Waals surface area contributed by atoms with E-state index in [1.54, 1.807) is 0 Å². The van der Waals surface area contributed by atoms with Gasteiger partial charge in [0.15, 0.2) is 9.84 Å². The third-order valence-corrected chi connectivity index (χ3v) is 4.27. The summed E-state index contributed by atoms with van der Waals surface area (Å²) in [5.74, 6) is 0. The summed E-state index contributed by atoms with van der Waals surface area (Å²) in [6.45, 7) is 0. The van der Waals surface area contributed by atoms with Crippen LogP contribution in [0.1, 0.15) is 0 Å². The summed E-state index contributed by atoms with van der Waals surface area (Å²) in [7, 11) is -3.37. The fourth-order valence-electron chi connectivity index (χ4n) is 0.842. The van der Waals surface area contributed by atoms with Crippen molar-refractivity contribution in [3.05, 3.63) is 22.7 Å². The Morgan fingerprint density at radius 2 is 1.93 bits per heavy atom. The smallest absolute Gasteiger partial charge is 0.768 e. The van der Waals surface area contributed by atoms with Crippen molar-refractivity contribution < 1.29 is 46.7 Å². The Hall–Kier alpha value is 0.760. The van der Waals surface area contributed by atoms with Gasteiger partial charge in [0, 0.05) is 15.6 Å². The first kappa shape index (κ1) is 15.8. The molecule has 1 unspecified atom stereocenters. The number of benzene rings is 1. The van der Waals surface area contributed by atoms with E-state index in [1.165, 1.54) is 12.1 Å². The normalized spacial score (nSPS) is 13.0. The zero-order valence-electron chi connectivity index (χ0n) is 8.06. The van der Waals surface area contributed by atoms with Gasteiger partial charge in [-0.2, -0.15) is 0 Å². The summed E-state index contributed by atoms with van der Waals surface area (Å²) in [4.78, 5) is -0.0761. The van der Waals surface area contributed by atoms with Crippen molar-refractivity contribution in [3.63, 3.8) is 0 Å². The second kappa shape index (κ2) is 5.90. The Labute approximate surface area is 121 Å². The largest absolute Gasteiger partial charge is 1.00 e. The van der Waals surface area contributed by atoms with Crippen LogP contribution in [0.4, 0.5) is 0 Å². The monoisotopic (exact) mass is 320 g/mol. The predicted octanol–water partition coefficient (Wildman–Crippen LogP) is -1.91. The van der Waals surface area contributed by atoms with E-state index < -0.39 is 20.9 Å². The Kier molecular flexibility index (Phi) is 6.20. The van der Waals surface area contributed by atoms with Gasteiger partial charge < -0.3 is 4.55 Å². The standard InChI is InChI=1S/C7H7BrO4S2.Na/c1-14(11,12)5-2-3-6(8)7(4-5)13(9)10;/h2-4H,1H3,(H,9,10);/q;+1/p-1. The molecule has 0 saturated carbocycles. The van der Waals surface area contributed by atoms with Crippen LogP contribution in [0.15, 0.2) is 32.5 Å². The maximum absolute atomic E-state index is 11.1.